The van der Waals surface area contributed by atoms with Crippen molar-refractivity contribution < 1.29 is 35.9 Å². The van der Waals surface area contributed by atoms with Crippen LogP contribution < -0.4 is 19.1 Å². The van der Waals surface area contributed by atoms with E-state index in [4.69, 9.17) is 32.7 Å². The molecule has 4 aromatic carbocycles. The standard InChI is InChI=1S/C28H21Cl2F3N2O5S/c1-39-25-9-5-6-10-26(25)40-24-14-12-19(29)16-22(24)34-27(36)17-35(41(37,38)20-7-3-2-4-8-20)23-15-18(28(31,32)33)11-13-21(23)30/h2-16H,17H2,1H3,(H,34,36). The Morgan fingerprint density at radius 1 is 0.878 bits per heavy atom. The number of amides is 1. The van der Waals surface area contributed by atoms with Crippen molar-refractivity contribution in [2.45, 2.75) is 11.1 Å². The number of para-hydroxylation sites is 2. The van der Waals surface area contributed by atoms with E-state index in [1.165, 1.54) is 49.6 Å². The summed E-state index contributed by atoms with van der Waals surface area (Å²) in [5, 5.41) is 2.45. The smallest absolute Gasteiger partial charge is 0.416 e. The molecule has 0 saturated carbocycles. The van der Waals surface area contributed by atoms with Gasteiger partial charge < -0.3 is 14.8 Å². The zero-order valence-electron chi connectivity index (χ0n) is 21.2. The summed E-state index contributed by atoms with van der Waals surface area (Å²) in [5.41, 5.74) is -1.61. The summed E-state index contributed by atoms with van der Waals surface area (Å²) in [6, 6.07) is 20.2. The summed E-state index contributed by atoms with van der Waals surface area (Å²) < 4.78 is 79.5. The summed E-state index contributed by atoms with van der Waals surface area (Å²) in [4.78, 5) is 13.0. The van der Waals surface area contributed by atoms with Crippen LogP contribution in [0.3, 0.4) is 0 Å². The Labute approximate surface area is 244 Å². The molecule has 0 aliphatic rings. The van der Waals surface area contributed by atoms with Crippen LogP contribution >= 0.6 is 23.2 Å². The van der Waals surface area contributed by atoms with Crippen molar-refractivity contribution in [1.29, 1.82) is 0 Å². The molecule has 0 spiro atoms. The zero-order valence-corrected chi connectivity index (χ0v) is 23.5. The summed E-state index contributed by atoms with van der Waals surface area (Å²) in [6.45, 7) is -0.932. The van der Waals surface area contributed by atoms with Crippen LogP contribution in [0.1, 0.15) is 5.56 Å². The van der Waals surface area contributed by atoms with E-state index in [1.807, 2.05) is 0 Å². The fourth-order valence-corrected chi connectivity index (χ4v) is 5.62. The van der Waals surface area contributed by atoms with E-state index in [0.29, 0.717) is 27.9 Å². The van der Waals surface area contributed by atoms with Crippen molar-refractivity contribution in [3.05, 3.63) is 107 Å². The first kappa shape index (κ1) is 30.0. The van der Waals surface area contributed by atoms with Crippen molar-refractivity contribution in [3.8, 4) is 17.2 Å². The number of halogens is 5. The highest BCUT2D eigenvalue weighted by atomic mass is 35.5. The third-order valence-electron chi connectivity index (χ3n) is 5.67. The van der Waals surface area contributed by atoms with Crippen molar-refractivity contribution in [3.63, 3.8) is 0 Å². The molecule has 0 aliphatic heterocycles. The van der Waals surface area contributed by atoms with E-state index in [0.717, 1.165) is 6.07 Å². The molecule has 4 rings (SSSR count). The molecule has 0 radical (unpaired) electrons. The van der Waals surface area contributed by atoms with Crippen LogP contribution in [0, 0.1) is 0 Å². The van der Waals surface area contributed by atoms with Crippen LogP contribution in [-0.2, 0) is 21.0 Å². The molecule has 0 atom stereocenters. The highest BCUT2D eigenvalue weighted by Crippen LogP contribution is 2.39. The van der Waals surface area contributed by atoms with Crippen molar-refractivity contribution in [2.75, 3.05) is 23.3 Å². The average Bonchev–Trinajstić information content (AvgIpc) is 2.93. The molecule has 0 aliphatic carbocycles. The largest absolute Gasteiger partial charge is 0.493 e. The van der Waals surface area contributed by atoms with Crippen LogP contribution in [-0.4, -0.2) is 28.0 Å². The number of carbonyl (C=O) groups is 1. The van der Waals surface area contributed by atoms with Crippen molar-refractivity contribution in [2.24, 2.45) is 0 Å². The number of hydrogen-bond donors (Lipinski definition) is 1. The van der Waals surface area contributed by atoms with Gasteiger partial charge >= 0.3 is 6.18 Å². The normalized spacial score (nSPS) is 11.6. The second-order valence-electron chi connectivity index (χ2n) is 8.43. The maximum Gasteiger partial charge on any atom is 0.416 e. The number of anilines is 2. The van der Waals surface area contributed by atoms with Crippen LogP contribution in [0.25, 0.3) is 0 Å². The van der Waals surface area contributed by atoms with Crippen LogP contribution in [0.2, 0.25) is 10.0 Å². The first-order valence-corrected chi connectivity index (χ1v) is 13.9. The van der Waals surface area contributed by atoms with Crippen molar-refractivity contribution >= 4 is 50.5 Å². The van der Waals surface area contributed by atoms with E-state index in [9.17, 15) is 26.4 Å². The van der Waals surface area contributed by atoms with Crippen molar-refractivity contribution in [1.82, 2.24) is 0 Å². The second-order valence-corrected chi connectivity index (χ2v) is 11.1. The molecule has 0 saturated heterocycles. The Kier molecular flexibility index (Phi) is 9.01. The predicted octanol–water partition coefficient (Wildman–Crippen LogP) is 7.65. The van der Waals surface area contributed by atoms with E-state index < -0.39 is 39.9 Å². The van der Waals surface area contributed by atoms with Gasteiger partial charge in [0.2, 0.25) is 5.91 Å². The van der Waals surface area contributed by atoms with Gasteiger partial charge in [0.25, 0.3) is 10.0 Å². The van der Waals surface area contributed by atoms with E-state index in [2.05, 4.69) is 5.32 Å². The molecule has 0 fully saturated rings. The first-order valence-electron chi connectivity index (χ1n) is 11.7. The highest BCUT2D eigenvalue weighted by Gasteiger charge is 2.34. The fourth-order valence-electron chi connectivity index (χ4n) is 3.73. The topological polar surface area (TPSA) is 84.9 Å². The fraction of sp³-hybridized carbons (Fsp3) is 0.107. The minimum Gasteiger partial charge on any atom is -0.493 e. The Hall–Kier alpha value is -3.93. The third kappa shape index (κ3) is 7.05. The van der Waals surface area contributed by atoms with Gasteiger partial charge in [-0.05, 0) is 60.7 Å². The lowest BCUT2D eigenvalue weighted by atomic mass is 10.2. The average molecular weight is 625 g/mol. The van der Waals surface area contributed by atoms with Gasteiger partial charge in [0.15, 0.2) is 17.2 Å². The third-order valence-corrected chi connectivity index (χ3v) is 7.99. The molecule has 13 heteroatoms. The summed E-state index contributed by atoms with van der Waals surface area (Å²) in [6.07, 6.45) is -4.80. The molecule has 0 heterocycles. The Morgan fingerprint density at radius 3 is 2.20 bits per heavy atom. The van der Waals surface area contributed by atoms with E-state index in [1.54, 1.807) is 30.3 Å². The Bertz CT molecular complexity index is 1670. The lowest BCUT2D eigenvalue weighted by Gasteiger charge is -2.26. The molecule has 41 heavy (non-hydrogen) atoms. The Morgan fingerprint density at radius 2 is 1.54 bits per heavy atom. The second kappa shape index (κ2) is 12.3. The quantitative estimate of drug-likeness (QED) is 0.207. The van der Waals surface area contributed by atoms with E-state index >= 15 is 0 Å². The van der Waals surface area contributed by atoms with Gasteiger partial charge in [-0.1, -0.05) is 53.5 Å². The van der Waals surface area contributed by atoms with Gasteiger partial charge in [0, 0.05) is 5.02 Å². The number of nitrogens with one attached hydrogen (secondary N) is 1. The lowest BCUT2D eigenvalue weighted by molar-refractivity contribution is -0.137. The maximum absolute atomic E-state index is 13.6. The van der Waals surface area contributed by atoms with Crippen LogP contribution in [0.5, 0.6) is 17.2 Å². The minimum atomic E-state index is -4.80. The van der Waals surface area contributed by atoms with Gasteiger partial charge in [0.1, 0.15) is 6.54 Å². The molecule has 1 amide bonds. The summed E-state index contributed by atoms with van der Waals surface area (Å²) >= 11 is 12.3. The molecule has 0 aromatic heterocycles. The minimum absolute atomic E-state index is 0.0700. The molecule has 4 aromatic rings. The van der Waals surface area contributed by atoms with Crippen LogP contribution in [0.4, 0.5) is 24.5 Å². The number of sulfonamides is 1. The number of alkyl halides is 3. The Balaban J connectivity index is 1.72. The number of hydrogen-bond acceptors (Lipinski definition) is 5. The number of benzene rings is 4. The SMILES string of the molecule is COc1ccccc1Oc1ccc(Cl)cc1NC(=O)CN(c1cc(C(F)(F)F)ccc1Cl)S(=O)(=O)c1ccccc1. The number of methoxy groups -OCH3 is 1. The van der Waals surface area contributed by atoms with Gasteiger partial charge in [-0.25, -0.2) is 8.42 Å². The molecule has 214 valence electrons. The van der Waals surface area contributed by atoms with Crippen LogP contribution in [0.15, 0.2) is 95.9 Å². The molecule has 1 N–H and O–H groups in total. The van der Waals surface area contributed by atoms with Gasteiger partial charge in [-0.2, -0.15) is 13.2 Å². The molecular formula is C28H21Cl2F3N2O5S. The monoisotopic (exact) mass is 624 g/mol. The number of carbonyl (C=O) groups excluding carboxylic acids is 1. The van der Waals surface area contributed by atoms with Gasteiger partial charge in [-0.3, -0.25) is 9.10 Å². The maximum atomic E-state index is 13.6. The van der Waals surface area contributed by atoms with Gasteiger partial charge in [0.05, 0.1) is 34.0 Å². The van der Waals surface area contributed by atoms with Gasteiger partial charge in [-0.15, -0.1) is 0 Å². The summed E-state index contributed by atoms with van der Waals surface area (Å²) in [7, 11) is -3.10. The number of nitrogens with zero attached hydrogens (tertiary/aromatic N) is 1. The molecular weight excluding hydrogens is 604 g/mol. The molecule has 0 unspecified atom stereocenters. The molecule has 7 nitrogen and oxygen atoms in total. The lowest BCUT2D eigenvalue weighted by Crippen LogP contribution is -2.38. The van der Waals surface area contributed by atoms with E-state index in [-0.39, 0.29) is 26.4 Å². The molecule has 0 bridgehead atoms. The summed E-state index contributed by atoms with van der Waals surface area (Å²) in [5.74, 6) is -0.0529. The number of ether oxygens (including phenoxy) is 2. The zero-order chi connectivity index (χ0) is 29.8. The predicted molar refractivity (Wildman–Crippen MR) is 151 cm³/mol. The first-order chi connectivity index (χ1) is 19.4. The number of rotatable bonds is 9. The highest BCUT2D eigenvalue weighted by molar-refractivity contribution is 7.92.